The number of carbonyl (C=O) groups excluding carboxylic acids is 1. The second-order valence-electron chi connectivity index (χ2n) is 1.68. The van der Waals surface area contributed by atoms with E-state index in [1.54, 1.807) is 6.92 Å². The monoisotopic (exact) mass is 142 g/mol. The third kappa shape index (κ3) is 2.76. The lowest BCUT2D eigenvalue weighted by atomic mass is 10.3. The molecule has 0 aliphatic carbocycles. The van der Waals surface area contributed by atoms with Crippen LogP contribution in [-0.2, 0) is 4.79 Å². The quantitative estimate of drug-likeness (QED) is 0.283. The molecule has 0 aliphatic heterocycles. The van der Waals surface area contributed by atoms with Crippen LogP contribution in [0.5, 0.6) is 0 Å². The van der Waals surface area contributed by atoms with Gasteiger partial charge in [0.15, 0.2) is 0 Å². The molecule has 0 rings (SSSR count). The van der Waals surface area contributed by atoms with Crippen molar-refractivity contribution in [2.24, 2.45) is 11.5 Å². The number of aliphatic hydroxyl groups excluding tert-OH is 1. The summed E-state index contributed by atoms with van der Waals surface area (Å²) in [5.74, 6) is -1.02. The minimum atomic E-state index is -0.720. The van der Waals surface area contributed by atoms with Crippen LogP contribution in [0.2, 0.25) is 0 Å². The van der Waals surface area contributed by atoms with Crippen molar-refractivity contribution in [1.29, 1.82) is 0 Å². The predicted molar refractivity (Wildman–Crippen MR) is 37.9 cm³/mol. The van der Waals surface area contributed by atoms with Gasteiger partial charge in [0, 0.05) is 6.08 Å². The molecule has 0 atom stereocenters. The van der Waals surface area contributed by atoms with E-state index in [0.29, 0.717) is 0 Å². The SMILES string of the molecule is C/C=C(N)/C(O)=C/C(N)=O. The van der Waals surface area contributed by atoms with Gasteiger partial charge in [0.25, 0.3) is 0 Å². The molecule has 56 valence electrons. The number of nitrogens with two attached hydrogens (primary N) is 2. The topological polar surface area (TPSA) is 89.3 Å². The van der Waals surface area contributed by atoms with E-state index in [1.807, 2.05) is 0 Å². The molecule has 0 unspecified atom stereocenters. The summed E-state index contributed by atoms with van der Waals surface area (Å²) in [6, 6.07) is 0. The normalized spacial score (nSPS) is 13.3. The molecule has 0 bridgehead atoms. The molecule has 0 saturated heterocycles. The number of carbonyl (C=O) groups is 1. The summed E-state index contributed by atoms with van der Waals surface area (Å²) in [5.41, 5.74) is 10.1. The van der Waals surface area contributed by atoms with Crippen LogP contribution in [0.3, 0.4) is 0 Å². The molecule has 0 radical (unpaired) electrons. The second kappa shape index (κ2) is 3.55. The Balaban J connectivity index is 4.35. The van der Waals surface area contributed by atoms with Gasteiger partial charge in [-0.25, -0.2) is 0 Å². The van der Waals surface area contributed by atoms with E-state index < -0.39 is 5.91 Å². The zero-order chi connectivity index (χ0) is 8.15. The Hall–Kier alpha value is -1.45. The van der Waals surface area contributed by atoms with Crippen molar-refractivity contribution in [3.8, 4) is 0 Å². The molecule has 0 spiro atoms. The fourth-order valence-corrected chi connectivity index (χ4v) is 0.366. The van der Waals surface area contributed by atoms with Gasteiger partial charge in [0.2, 0.25) is 5.91 Å². The second-order valence-corrected chi connectivity index (χ2v) is 1.68. The number of amides is 1. The average Bonchev–Trinajstić information content (AvgIpc) is 1.85. The molecule has 4 heteroatoms. The maximum Gasteiger partial charge on any atom is 0.245 e. The maximum absolute atomic E-state index is 10.1. The molecule has 5 N–H and O–H groups in total. The van der Waals surface area contributed by atoms with Crippen molar-refractivity contribution in [2.75, 3.05) is 0 Å². The van der Waals surface area contributed by atoms with Crippen molar-refractivity contribution in [3.05, 3.63) is 23.6 Å². The minimum Gasteiger partial charge on any atom is -0.506 e. The van der Waals surface area contributed by atoms with Gasteiger partial charge in [0.05, 0.1) is 5.70 Å². The molecule has 0 aromatic carbocycles. The largest absolute Gasteiger partial charge is 0.506 e. The number of primary amides is 1. The molecular formula is C6H10N2O2. The fraction of sp³-hybridized carbons (Fsp3) is 0.167. The molecule has 0 aliphatic rings. The summed E-state index contributed by atoms with van der Waals surface area (Å²) in [7, 11) is 0. The molecule has 0 aromatic heterocycles. The van der Waals surface area contributed by atoms with Gasteiger partial charge < -0.3 is 16.6 Å². The lowest BCUT2D eigenvalue weighted by Gasteiger charge is -1.95. The first-order valence-electron chi connectivity index (χ1n) is 2.70. The van der Waals surface area contributed by atoms with E-state index in [2.05, 4.69) is 0 Å². The van der Waals surface area contributed by atoms with Crippen molar-refractivity contribution >= 4 is 5.91 Å². The lowest BCUT2D eigenvalue weighted by molar-refractivity contribution is -0.113. The number of rotatable bonds is 2. The van der Waals surface area contributed by atoms with Gasteiger partial charge in [-0.1, -0.05) is 6.08 Å². The van der Waals surface area contributed by atoms with Crippen LogP contribution in [0.1, 0.15) is 6.92 Å². The summed E-state index contributed by atoms with van der Waals surface area (Å²) < 4.78 is 0. The van der Waals surface area contributed by atoms with Crippen molar-refractivity contribution < 1.29 is 9.90 Å². The Morgan fingerprint density at radius 3 is 2.30 bits per heavy atom. The number of hydrogen-bond acceptors (Lipinski definition) is 3. The molecule has 0 fully saturated rings. The highest BCUT2D eigenvalue weighted by Crippen LogP contribution is 1.96. The number of allylic oxidation sites excluding steroid dienone is 1. The van der Waals surface area contributed by atoms with E-state index >= 15 is 0 Å². The van der Waals surface area contributed by atoms with Crippen LogP contribution in [0, 0.1) is 0 Å². The summed E-state index contributed by atoms with van der Waals surface area (Å²) in [5, 5.41) is 8.86. The van der Waals surface area contributed by atoms with E-state index in [9.17, 15) is 4.79 Å². The Bertz CT molecular complexity index is 194. The van der Waals surface area contributed by atoms with Gasteiger partial charge in [-0.2, -0.15) is 0 Å². The maximum atomic E-state index is 10.1. The molecule has 10 heavy (non-hydrogen) atoms. The van der Waals surface area contributed by atoms with Crippen molar-refractivity contribution in [3.63, 3.8) is 0 Å². The summed E-state index contributed by atoms with van der Waals surface area (Å²) in [6.07, 6.45) is 2.32. The van der Waals surface area contributed by atoms with Gasteiger partial charge in [-0.3, -0.25) is 4.79 Å². The molecule has 0 aromatic rings. The standard InChI is InChI=1S/C6H10N2O2/c1-2-4(7)5(9)3-6(8)10/h2-3,9H,7H2,1H3,(H2,8,10)/b4-2-,5-3-. The number of aliphatic hydroxyl groups is 1. The highest BCUT2D eigenvalue weighted by molar-refractivity contribution is 5.86. The van der Waals surface area contributed by atoms with Crippen molar-refractivity contribution in [1.82, 2.24) is 0 Å². The molecule has 0 heterocycles. The van der Waals surface area contributed by atoms with E-state index in [0.717, 1.165) is 6.08 Å². The van der Waals surface area contributed by atoms with E-state index in [1.165, 1.54) is 6.08 Å². The van der Waals surface area contributed by atoms with Crippen LogP contribution in [-0.4, -0.2) is 11.0 Å². The Morgan fingerprint density at radius 2 is 2.00 bits per heavy atom. The molecule has 1 amide bonds. The first-order chi connectivity index (χ1) is 4.57. The van der Waals surface area contributed by atoms with Gasteiger partial charge >= 0.3 is 0 Å². The van der Waals surface area contributed by atoms with E-state index in [4.69, 9.17) is 16.6 Å². The molecule has 0 saturated carbocycles. The van der Waals surface area contributed by atoms with Crippen LogP contribution < -0.4 is 11.5 Å². The first kappa shape index (κ1) is 8.55. The van der Waals surface area contributed by atoms with Gasteiger partial charge in [-0.15, -0.1) is 0 Å². The van der Waals surface area contributed by atoms with Crippen molar-refractivity contribution in [2.45, 2.75) is 6.92 Å². The van der Waals surface area contributed by atoms with Gasteiger partial charge in [0.1, 0.15) is 5.76 Å². The summed E-state index contributed by atoms with van der Waals surface area (Å²) in [4.78, 5) is 10.1. The van der Waals surface area contributed by atoms with Crippen LogP contribution in [0.25, 0.3) is 0 Å². The van der Waals surface area contributed by atoms with Gasteiger partial charge in [-0.05, 0) is 6.92 Å². The third-order valence-electron chi connectivity index (χ3n) is 0.886. The van der Waals surface area contributed by atoms with Crippen LogP contribution in [0.4, 0.5) is 0 Å². The minimum absolute atomic E-state index is 0.138. The van der Waals surface area contributed by atoms with E-state index in [-0.39, 0.29) is 11.5 Å². The first-order valence-corrected chi connectivity index (χ1v) is 2.70. The Kier molecular flexibility index (Phi) is 3.04. The zero-order valence-electron chi connectivity index (χ0n) is 5.66. The third-order valence-corrected chi connectivity index (χ3v) is 0.886. The molecular weight excluding hydrogens is 132 g/mol. The fourth-order valence-electron chi connectivity index (χ4n) is 0.366. The Labute approximate surface area is 58.8 Å². The zero-order valence-corrected chi connectivity index (χ0v) is 5.66. The summed E-state index contributed by atoms with van der Waals surface area (Å²) in [6.45, 7) is 1.64. The average molecular weight is 142 g/mol. The molecule has 4 nitrogen and oxygen atoms in total. The smallest absolute Gasteiger partial charge is 0.245 e. The predicted octanol–water partition coefficient (Wildman–Crippen LogP) is -0.224. The van der Waals surface area contributed by atoms with Crippen LogP contribution >= 0.6 is 0 Å². The number of hydrogen-bond donors (Lipinski definition) is 3. The Morgan fingerprint density at radius 1 is 1.50 bits per heavy atom. The highest BCUT2D eigenvalue weighted by atomic mass is 16.3. The van der Waals surface area contributed by atoms with Crippen LogP contribution in [0.15, 0.2) is 23.6 Å². The summed E-state index contributed by atoms with van der Waals surface area (Å²) >= 11 is 0. The highest BCUT2D eigenvalue weighted by Gasteiger charge is 1.96. The lowest BCUT2D eigenvalue weighted by Crippen LogP contribution is -2.10.